The van der Waals surface area contributed by atoms with Crippen molar-refractivity contribution in [3.8, 4) is 17.1 Å². The molecule has 1 N–H and O–H groups in total. The van der Waals surface area contributed by atoms with Gasteiger partial charge in [0.1, 0.15) is 17.1 Å². The summed E-state index contributed by atoms with van der Waals surface area (Å²) < 4.78 is 5.18. The van der Waals surface area contributed by atoms with Gasteiger partial charge in [0.05, 0.1) is 29.0 Å². The van der Waals surface area contributed by atoms with Crippen molar-refractivity contribution < 1.29 is 9.53 Å². The van der Waals surface area contributed by atoms with Crippen LogP contribution in [0.15, 0.2) is 60.0 Å². The topological polar surface area (TPSA) is 89.9 Å². The molecule has 0 saturated heterocycles. The minimum atomic E-state index is -0.182. The van der Waals surface area contributed by atoms with Gasteiger partial charge in [-0.1, -0.05) is 29.4 Å². The van der Waals surface area contributed by atoms with Crippen LogP contribution in [0.2, 0.25) is 5.02 Å². The first kappa shape index (κ1) is 21.0. The van der Waals surface area contributed by atoms with E-state index >= 15 is 0 Å². The number of hydrogen-bond acceptors (Lipinski definition) is 7. The van der Waals surface area contributed by atoms with E-state index < -0.39 is 0 Å². The van der Waals surface area contributed by atoms with Crippen molar-refractivity contribution >= 4 is 46.0 Å². The third kappa shape index (κ3) is 4.92. The summed E-state index contributed by atoms with van der Waals surface area (Å²) in [6.07, 6.45) is 3.11. The second kappa shape index (κ2) is 9.28. The molecule has 0 aliphatic rings. The van der Waals surface area contributed by atoms with Gasteiger partial charge in [0, 0.05) is 11.8 Å². The number of thioether (sulfide) groups is 1. The van der Waals surface area contributed by atoms with Gasteiger partial charge in [0.2, 0.25) is 5.91 Å². The Morgan fingerprint density at radius 1 is 1.13 bits per heavy atom. The maximum atomic E-state index is 12.4. The number of anilines is 1. The van der Waals surface area contributed by atoms with Crippen molar-refractivity contribution in [1.29, 1.82) is 0 Å². The van der Waals surface area contributed by atoms with E-state index in [1.54, 1.807) is 25.4 Å². The largest absolute Gasteiger partial charge is 0.497 e. The number of ether oxygens (including phenoxy) is 1. The number of hydrogen-bond donors (Lipinski definition) is 1. The highest BCUT2D eigenvalue weighted by molar-refractivity contribution is 8.00. The molecule has 156 valence electrons. The van der Waals surface area contributed by atoms with E-state index in [1.165, 1.54) is 18.1 Å². The van der Waals surface area contributed by atoms with Gasteiger partial charge in [-0.25, -0.2) is 19.9 Å². The standard InChI is InChI=1S/C22H18ClN5O2S/c1-13-3-8-18(17(23)9-13)27-19(29)11-31-22-16-10-24-20(28-21(16)25-12-26-22)14-4-6-15(30-2)7-5-14/h3-10,12H,11H2,1-2H3,(H,27,29). The zero-order chi connectivity index (χ0) is 21.8. The normalized spacial score (nSPS) is 10.8. The Morgan fingerprint density at radius 2 is 1.94 bits per heavy atom. The van der Waals surface area contributed by atoms with Crippen molar-refractivity contribution in [3.63, 3.8) is 0 Å². The number of aryl methyl sites for hydroxylation is 1. The van der Waals surface area contributed by atoms with E-state index in [-0.39, 0.29) is 11.7 Å². The fraction of sp³-hybridized carbons (Fsp3) is 0.136. The minimum absolute atomic E-state index is 0.163. The van der Waals surface area contributed by atoms with Gasteiger partial charge < -0.3 is 10.1 Å². The van der Waals surface area contributed by atoms with Crippen LogP contribution in [0.3, 0.4) is 0 Å². The molecule has 0 bridgehead atoms. The van der Waals surface area contributed by atoms with Crippen LogP contribution in [-0.4, -0.2) is 38.7 Å². The number of nitrogens with one attached hydrogen (secondary N) is 1. The van der Waals surface area contributed by atoms with Crippen LogP contribution in [-0.2, 0) is 4.79 Å². The number of methoxy groups -OCH3 is 1. The Kier molecular flexibility index (Phi) is 6.29. The molecule has 0 spiro atoms. The van der Waals surface area contributed by atoms with E-state index in [0.29, 0.717) is 32.6 Å². The molecule has 1 amide bonds. The summed E-state index contributed by atoms with van der Waals surface area (Å²) in [6.45, 7) is 1.94. The number of fused-ring (bicyclic) bond motifs is 1. The van der Waals surface area contributed by atoms with Crippen LogP contribution in [0.4, 0.5) is 5.69 Å². The van der Waals surface area contributed by atoms with E-state index in [1.807, 2.05) is 37.3 Å². The summed E-state index contributed by atoms with van der Waals surface area (Å²) in [7, 11) is 1.62. The smallest absolute Gasteiger partial charge is 0.234 e. The third-order valence-corrected chi connectivity index (χ3v) is 5.76. The average Bonchev–Trinajstić information content (AvgIpc) is 2.79. The van der Waals surface area contributed by atoms with Crippen LogP contribution >= 0.6 is 23.4 Å². The SMILES string of the molecule is COc1ccc(-c2ncc3c(SCC(=O)Nc4ccc(C)cc4Cl)ncnc3n2)cc1. The average molecular weight is 452 g/mol. The first-order valence-corrected chi connectivity index (χ1v) is 10.7. The van der Waals surface area contributed by atoms with E-state index in [2.05, 4.69) is 25.3 Å². The Bertz CT molecular complexity index is 1250. The number of amides is 1. The predicted octanol–water partition coefficient (Wildman–Crippen LogP) is 4.79. The molecule has 2 aromatic heterocycles. The highest BCUT2D eigenvalue weighted by Gasteiger charge is 2.12. The maximum Gasteiger partial charge on any atom is 0.234 e. The highest BCUT2D eigenvalue weighted by Crippen LogP contribution is 2.27. The molecule has 31 heavy (non-hydrogen) atoms. The summed E-state index contributed by atoms with van der Waals surface area (Å²) in [6, 6.07) is 13.0. The number of carbonyl (C=O) groups is 1. The molecule has 0 aliphatic carbocycles. The Balaban J connectivity index is 1.49. The highest BCUT2D eigenvalue weighted by atomic mass is 35.5. The minimum Gasteiger partial charge on any atom is -0.497 e. The van der Waals surface area contributed by atoms with Crippen molar-refractivity contribution in [2.75, 3.05) is 18.2 Å². The summed E-state index contributed by atoms with van der Waals surface area (Å²) in [5.74, 6) is 1.29. The van der Waals surface area contributed by atoms with Gasteiger partial charge in [0.25, 0.3) is 0 Å². The summed E-state index contributed by atoms with van der Waals surface area (Å²) >= 11 is 7.48. The Labute approximate surface area is 188 Å². The molecule has 4 rings (SSSR count). The van der Waals surface area contributed by atoms with Crippen LogP contribution in [0.25, 0.3) is 22.4 Å². The molecule has 0 atom stereocenters. The lowest BCUT2D eigenvalue weighted by Gasteiger charge is -2.08. The molecule has 0 fully saturated rings. The van der Waals surface area contributed by atoms with E-state index in [9.17, 15) is 4.79 Å². The lowest BCUT2D eigenvalue weighted by molar-refractivity contribution is -0.113. The molecule has 9 heteroatoms. The lowest BCUT2D eigenvalue weighted by Crippen LogP contribution is -2.14. The first-order valence-electron chi connectivity index (χ1n) is 9.34. The van der Waals surface area contributed by atoms with Crippen LogP contribution in [0, 0.1) is 6.92 Å². The van der Waals surface area contributed by atoms with Gasteiger partial charge >= 0.3 is 0 Å². The molecular formula is C22H18ClN5O2S. The van der Waals surface area contributed by atoms with Gasteiger partial charge in [0.15, 0.2) is 11.5 Å². The van der Waals surface area contributed by atoms with Crippen LogP contribution < -0.4 is 10.1 Å². The Morgan fingerprint density at radius 3 is 2.68 bits per heavy atom. The lowest BCUT2D eigenvalue weighted by atomic mass is 10.2. The van der Waals surface area contributed by atoms with Gasteiger partial charge in [-0.15, -0.1) is 0 Å². The molecule has 4 aromatic rings. The quantitative estimate of drug-likeness (QED) is 0.333. The third-order valence-electron chi connectivity index (χ3n) is 4.44. The number of rotatable bonds is 6. The second-order valence-electron chi connectivity index (χ2n) is 6.66. The molecular weight excluding hydrogens is 434 g/mol. The summed E-state index contributed by atoms with van der Waals surface area (Å²) in [5, 5.41) is 4.65. The molecule has 0 aliphatic heterocycles. The van der Waals surface area contributed by atoms with Gasteiger partial charge in [-0.3, -0.25) is 4.79 Å². The number of aromatic nitrogens is 4. The zero-order valence-corrected chi connectivity index (χ0v) is 18.4. The second-order valence-corrected chi connectivity index (χ2v) is 8.03. The summed E-state index contributed by atoms with van der Waals surface area (Å²) in [4.78, 5) is 29.9. The molecule has 7 nitrogen and oxygen atoms in total. The zero-order valence-electron chi connectivity index (χ0n) is 16.8. The molecule has 0 radical (unpaired) electrons. The van der Waals surface area contributed by atoms with Crippen molar-refractivity contribution in [1.82, 2.24) is 19.9 Å². The van der Waals surface area contributed by atoms with E-state index in [4.69, 9.17) is 16.3 Å². The van der Waals surface area contributed by atoms with Crippen molar-refractivity contribution in [2.45, 2.75) is 11.9 Å². The Hall–Kier alpha value is -3.23. The summed E-state index contributed by atoms with van der Waals surface area (Å²) in [5.41, 5.74) is 2.97. The number of nitrogens with zero attached hydrogens (tertiary/aromatic N) is 4. The predicted molar refractivity (Wildman–Crippen MR) is 123 cm³/mol. The molecule has 0 saturated carbocycles. The maximum absolute atomic E-state index is 12.4. The molecule has 2 heterocycles. The monoisotopic (exact) mass is 451 g/mol. The van der Waals surface area contributed by atoms with Crippen molar-refractivity contribution in [2.24, 2.45) is 0 Å². The number of benzene rings is 2. The fourth-order valence-corrected chi connectivity index (χ4v) is 3.91. The van der Waals surface area contributed by atoms with Crippen LogP contribution in [0.5, 0.6) is 5.75 Å². The fourth-order valence-electron chi connectivity index (χ4n) is 2.86. The number of carbonyl (C=O) groups excluding carboxylic acids is 1. The van der Waals surface area contributed by atoms with Crippen molar-refractivity contribution in [3.05, 3.63) is 65.6 Å². The van der Waals surface area contributed by atoms with Gasteiger partial charge in [-0.2, -0.15) is 0 Å². The molecule has 2 aromatic carbocycles. The van der Waals surface area contributed by atoms with Crippen LogP contribution in [0.1, 0.15) is 5.56 Å². The first-order chi connectivity index (χ1) is 15.0. The number of halogens is 1. The van der Waals surface area contributed by atoms with Gasteiger partial charge in [-0.05, 0) is 48.9 Å². The van der Waals surface area contributed by atoms with E-state index in [0.717, 1.165) is 16.9 Å². The molecule has 0 unspecified atom stereocenters.